The number of hydrogen-bond acceptors (Lipinski definition) is 1. The molecule has 0 aromatic heterocycles. The second-order valence-electron chi connectivity index (χ2n) is 4.03. The summed E-state index contributed by atoms with van der Waals surface area (Å²) in [6.45, 7) is 7.61. The summed E-state index contributed by atoms with van der Waals surface area (Å²) in [7, 11) is 0. The Hall–Kier alpha value is -0.310. The Morgan fingerprint density at radius 3 is 2.79 bits per heavy atom. The molecule has 82 valence electrons. The molecule has 0 aromatic rings. The van der Waals surface area contributed by atoms with Gasteiger partial charge >= 0.3 is 0 Å². The maximum atomic E-state index is 5.32. The van der Waals surface area contributed by atoms with E-state index in [1.54, 1.807) is 0 Å². The molecule has 1 atom stereocenters. The van der Waals surface area contributed by atoms with Gasteiger partial charge in [0.2, 0.25) is 0 Å². The van der Waals surface area contributed by atoms with Gasteiger partial charge < -0.3 is 10.2 Å². The lowest BCUT2D eigenvalue weighted by atomic mass is 9.98. The monoisotopic (exact) mass is 214 g/mol. The molecule has 1 aliphatic rings. The zero-order chi connectivity index (χ0) is 10.4. The van der Waals surface area contributed by atoms with Crippen molar-refractivity contribution in [2.45, 2.75) is 39.5 Å². The van der Waals surface area contributed by atoms with Crippen LogP contribution in [0.3, 0.4) is 0 Å². The van der Waals surface area contributed by atoms with Gasteiger partial charge in [-0.2, -0.15) is 0 Å². The van der Waals surface area contributed by atoms with E-state index in [-0.39, 0.29) is 0 Å². The van der Waals surface area contributed by atoms with Crippen LogP contribution in [0.1, 0.15) is 39.5 Å². The Balaban J connectivity index is 2.37. The van der Waals surface area contributed by atoms with Crippen LogP contribution in [-0.2, 0) is 0 Å². The van der Waals surface area contributed by atoms with Crippen molar-refractivity contribution in [1.82, 2.24) is 10.2 Å². The molecule has 1 saturated heterocycles. The molecular formula is C11H22N2S. The van der Waals surface area contributed by atoms with Crippen LogP contribution in [0.2, 0.25) is 0 Å². The van der Waals surface area contributed by atoms with Gasteiger partial charge in [0, 0.05) is 19.6 Å². The predicted octanol–water partition coefficient (Wildman–Crippen LogP) is 2.39. The molecule has 0 aliphatic carbocycles. The van der Waals surface area contributed by atoms with Crippen LogP contribution in [0.25, 0.3) is 0 Å². The van der Waals surface area contributed by atoms with E-state index in [2.05, 4.69) is 24.1 Å². The maximum Gasteiger partial charge on any atom is 0.168 e. The van der Waals surface area contributed by atoms with Gasteiger partial charge in [0.15, 0.2) is 5.11 Å². The van der Waals surface area contributed by atoms with Crippen molar-refractivity contribution in [1.29, 1.82) is 0 Å². The van der Waals surface area contributed by atoms with E-state index < -0.39 is 0 Å². The summed E-state index contributed by atoms with van der Waals surface area (Å²) in [6, 6.07) is 0. The number of hydrogen-bond donors (Lipinski definition) is 1. The summed E-state index contributed by atoms with van der Waals surface area (Å²) in [5.41, 5.74) is 0. The molecule has 0 radical (unpaired) electrons. The summed E-state index contributed by atoms with van der Waals surface area (Å²) in [6.07, 6.45) is 5.30. The van der Waals surface area contributed by atoms with Crippen molar-refractivity contribution in [2.75, 3.05) is 19.6 Å². The van der Waals surface area contributed by atoms with Crippen molar-refractivity contribution in [3.63, 3.8) is 0 Å². The Labute approximate surface area is 93.1 Å². The first-order valence-electron chi connectivity index (χ1n) is 5.80. The van der Waals surface area contributed by atoms with Gasteiger partial charge in [-0.25, -0.2) is 0 Å². The molecule has 2 nitrogen and oxygen atoms in total. The van der Waals surface area contributed by atoms with Crippen molar-refractivity contribution in [3.05, 3.63) is 0 Å². The van der Waals surface area contributed by atoms with Crippen molar-refractivity contribution in [2.24, 2.45) is 5.92 Å². The van der Waals surface area contributed by atoms with Crippen molar-refractivity contribution >= 4 is 17.3 Å². The highest BCUT2D eigenvalue weighted by molar-refractivity contribution is 7.80. The van der Waals surface area contributed by atoms with Crippen LogP contribution in [0, 0.1) is 5.92 Å². The highest BCUT2D eigenvalue weighted by Gasteiger charge is 2.16. The SMILES string of the molecule is CCNC(=S)N1CCCC(CC)CC1. The Bertz CT molecular complexity index is 182. The van der Waals surface area contributed by atoms with Gasteiger partial charge in [-0.05, 0) is 44.3 Å². The first-order valence-corrected chi connectivity index (χ1v) is 6.21. The average molecular weight is 214 g/mol. The molecular weight excluding hydrogens is 192 g/mol. The summed E-state index contributed by atoms with van der Waals surface area (Å²) in [5.74, 6) is 0.921. The van der Waals surface area contributed by atoms with Gasteiger partial charge in [-0.3, -0.25) is 0 Å². The lowest BCUT2D eigenvalue weighted by Crippen LogP contribution is -2.40. The molecule has 0 spiro atoms. The Kier molecular flexibility index (Phi) is 5.23. The molecule has 1 aliphatic heterocycles. The van der Waals surface area contributed by atoms with Crippen LogP contribution >= 0.6 is 12.2 Å². The quantitative estimate of drug-likeness (QED) is 0.711. The Morgan fingerprint density at radius 2 is 2.14 bits per heavy atom. The van der Waals surface area contributed by atoms with Gasteiger partial charge in [-0.15, -0.1) is 0 Å². The molecule has 1 heterocycles. The molecule has 1 unspecified atom stereocenters. The van der Waals surface area contributed by atoms with Crippen molar-refractivity contribution < 1.29 is 0 Å². The third-order valence-corrected chi connectivity index (χ3v) is 3.44. The topological polar surface area (TPSA) is 15.3 Å². The normalized spacial score (nSPS) is 23.0. The predicted molar refractivity (Wildman–Crippen MR) is 65.5 cm³/mol. The summed E-state index contributed by atoms with van der Waals surface area (Å²) < 4.78 is 0. The highest BCUT2D eigenvalue weighted by atomic mass is 32.1. The Morgan fingerprint density at radius 1 is 1.36 bits per heavy atom. The standard InChI is InChI=1S/C11H22N2S/c1-3-10-6-5-8-13(9-7-10)11(14)12-4-2/h10H,3-9H2,1-2H3,(H,12,14). The minimum absolute atomic E-state index is 0.921. The minimum Gasteiger partial charge on any atom is -0.363 e. The van der Waals surface area contributed by atoms with Crippen LogP contribution in [-0.4, -0.2) is 29.6 Å². The first-order chi connectivity index (χ1) is 6.77. The number of rotatable bonds is 2. The second-order valence-corrected chi connectivity index (χ2v) is 4.41. The van der Waals surface area contributed by atoms with E-state index in [0.717, 1.165) is 30.7 Å². The molecule has 14 heavy (non-hydrogen) atoms. The zero-order valence-corrected chi connectivity index (χ0v) is 10.2. The molecule has 0 bridgehead atoms. The number of nitrogens with zero attached hydrogens (tertiary/aromatic N) is 1. The smallest absolute Gasteiger partial charge is 0.168 e. The first kappa shape index (κ1) is 11.8. The second kappa shape index (κ2) is 6.23. The fourth-order valence-corrected chi connectivity index (χ4v) is 2.37. The number of nitrogens with one attached hydrogen (secondary N) is 1. The third-order valence-electron chi connectivity index (χ3n) is 3.04. The van der Waals surface area contributed by atoms with E-state index in [0.29, 0.717) is 0 Å². The van der Waals surface area contributed by atoms with E-state index >= 15 is 0 Å². The van der Waals surface area contributed by atoms with E-state index in [9.17, 15) is 0 Å². The molecule has 3 heteroatoms. The van der Waals surface area contributed by atoms with E-state index in [4.69, 9.17) is 12.2 Å². The molecule has 0 amide bonds. The van der Waals surface area contributed by atoms with Crippen LogP contribution < -0.4 is 5.32 Å². The maximum absolute atomic E-state index is 5.32. The lowest BCUT2D eigenvalue weighted by molar-refractivity contribution is 0.407. The molecule has 1 rings (SSSR count). The minimum atomic E-state index is 0.921. The molecule has 1 fully saturated rings. The fraction of sp³-hybridized carbons (Fsp3) is 0.909. The van der Waals surface area contributed by atoms with Gasteiger partial charge in [0.25, 0.3) is 0 Å². The van der Waals surface area contributed by atoms with E-state index in [1.807, 2.05) is 0 Å². The molecule has 0 aromatic carbocycles. The number of thiocarbonyl (C=S) groups is 1. The average Bonchev–Trinajstić information content (AvgIpc) is 2.42. The largest absolute Gasteiger partial charge is 0.363 e. The van der Waals surface area contributed by atoms with Crippen LogP contribution in [0.5, 0.6) is 0 Å². The van der Waals surface area contributed by atoms with Gasteiger partial charge in [-0.1, -0.05) is 13.3 Å². The molecule has 0 saturated carbocycles. The van der Waals surface area contributed by atoms with Gasteiger partial charge in [0.1, 0.15) is 0 Å². The number of likely N-dealkylation sites (tertiary alicyclic amines) is 1. The zero-order valence-electron chi connectivity index (χ0n) is 9.38. The third kappa shape index (κ3) is 3.45. The molecule has 1 N–H and O–H groups in total. The highest BCUT2D eigenvalue weighted by Crippen LogP contribution is 2.20. The van der Waals surface area contributed by atoms with Crippen molar-refractivity contribution in [3.8, 4) is 0 Å². The summed E-state index contributed by atoms with van der Waals surface area (Å²) in [5, 5.41) is 4.18. The summed E-state index contributed by atoms with van der Waals surface area (Å²) >= 11 is 5.32. The van der Waals surface area contributed by atoms with Crippen LogP contribution in [0.15, 0.2) is 0 Å². The summed E-state index contributed by atoms with van der Waals surface area (Å²) in [4.78, 5) is 2.33. The van der Waals surface area contributed by atoms with Gasteiger partial charge in [0.05, 0.1) is 0 Å². The lowest BCUT2D eigenvalue weighted by Gasteiger charge is -2.23. The van der Waals surface area contributed by atoms with E-state index in [1.165, 1.54) is 25.7 Å². The van der Waals surface area contributed by atoms with Crippen LogP contribution in [0.4, 0.5) is 0 Å². The fourth-order valence-electron chi connectivity index (χ4n) is 2.04.